The molecule has 6 heteroatoms. The standard InChI is InChI=1S/C28H21N2O.C20H26NSi.Ir/c1-17-15-18(2)26(19(3)16-17)30-24-13-6-5-12-23(24)29-28(30)22-11-8-10-21-20-9-4-7-14-25(20)31-27(21)22;1-22(2,3)20-15-21-19(17-11-5-4-6-12-17)14-18(20)13-16-9-7-8-10-16;/h4-10,12-16H,1-3H3;4-6,11,14-16H,7-10,13H2,1-3H3;/q2*-1;. The zero-order chi connectivity index (χ0) is 36.7. The number of para-hydroxylation sites is 3. The van der Waals surface area contributed by atoms with E-state index in [0.29, 0.717) is 0 Å². The molecule has 0 atom stereocenters. The van der Waals surface area contributed by atoms with Gasteiger partial charge in [0.1, 0.15) is 5.58 Å². The van der Waals surface area contributed by atoms with E-state index in [9.17, 15) is 0 Å². The Labute approximate surface area is 334 Å². The first-order valence-corrected chi connectivity index (χ1v) is 22.5. The Kier molecular flexibility index (Phi) is 10.9. The van der Waals surface area contributed by atoms with E-state index >= 15 is 0 Å². The van der Waals surface area contributed by atoms with Crippen molar-refractivity contribution in [2.75, 3.05) is 0 Å². The molecule has 3 aromatic heterocycles. The number of benzene rings is 5. The second-order valence-corrected chi connectivity index (χ2v) is 20.8. The summed E-state index contributed by atoms with van der Waals surface area (Å²) in [4.78, 5) is 9.81. The van der Waals surface area contributed by atoms with E-state index in [1.807, 2.05) is 42.5 Å². The van der Waals surface area contributed by atoms with Gasteiger partial charge in [0.05, 0.1) is 30.5 Å². The molecule has 0 unspecified atom stereocenters. The van der Waals surface area contributed by atoms with Crippen molar-refractivity contribution in [2.45, 2.75) is 72.5 Å². The van der Waals surface area contributed by atoms with Gasteiger partial charge in [0.15, 0.2) is 0 Å². The normalized spacial score (nSPS) is 13.3. The maximum atomic E-state index is 6.32. The van der Waals surface area contributed by atoms with Gasteiger partial charge in [-0.1, -0.05) is 116 Å². The Morgan fingerprint density at radius 3 is 2.26 bits per heavy atom. The summed E-state index contributed by atoms with van der Waals surface area (Å²) in [5.41, 5.74) is 13.2. The maximum Gasteiger partial charge on any atom is 0.120 e. The zero-order valence-electron chi connectivity index (χ0n) is 32.1. The SMILES string of the molecule is C[Si](C)(C)c1cnc(-c2[c-]cccc2)cc1CC1CCCC1.Cc1cc(C)c(-n2c(-c3[c-]ccc4c3oc3ccccc34)nc3ccccc32)c(C)c1.[Ir]. The van der Waals surface area contributed by atoms with Crippen LogP contribution in [0, 0.1) is 38.8 Å². The van der Waals surface area contributed by atoms with Crippen molar-refractivity contribution in [3.63, 3.8) is 0 Å². The van der Waals surface area contributed by atoms with Crippen LogP contribution in [-0.4, -0.2) is 22.6 Å². The maximum absolute atomic E-state index is 6.32. The number of aryl methyl sites for hydroxylation is 3. The second kappa shape index (κ2) is 15.6. The summed E-state index contributed by atoms with van der Waals surface area (Å²) < 4.78 is 8.58. The Morgan fingerprint density at radius 2 is 1.52 bits per heavy atom. The minimum atomic E-state index is -1.35. The van der Waals surface area contributed by atoms with Gasteiger partial charge in [-0.05, 0) is 73.3 Å². The summed E-state index contributed by atoms with van der Waals surface area (Å²) in [7, 11) is -1.35. The average molecular weight is 902 g/mol. The summed E-state index contributed by atoms with van der Waals surface area (Å²) >= 11 is 0. The van der Waals surface area contributed by atoms with Crippen molar-refractivity contribution < 1.29 is 24.5 Å². The van der Waals surface area contributed by atoms with Crippen molar-refractivity contribution in [3.8, 4) is 28.3 Å². The van der Waals surface area contributed by atoms with Gasteiger partial charge in [-0.2, -0.15) is 0 Å². The van der Waals surface area contributed by atoms with Crippen LogP contribution in [0.3, 0.4) is 0 Å². The fourth-order valence-electron chi connectivity index (χ4n) is 8.37. The zero-order valence-corrected chi connectivity index (χ0v) is 35.5. The number of fused-ring (bicyclic) bond motifs is 4. The van der Waals surface area contributed by atoms with Crippen LogP contribution in [0.5, 0.6) is 0 Å². The molecule has 3 heterocycles. The van der Waals surface area contributed by atoms with Crippen molar-refractivity contribution >= 4 is 46.2 Å². The summed E-state index contributed by atoms with van der Waals surface area (Å²) in [5.74, 6) is 1.73. The van der Waals surface area contributed by atoms with E-state index in [1.165, 1.54) is 48.8 Å². The van der Waals surface area contributed by atoms with Gasteiger partial charge in [-0.25, -0.2) is 0 Å². The van der Waals surface area contributed by atoms with E-state index in [4.69, 9.17) is 14.4 Å². The Hall–Kier alpha value is -4.61. The minimum Gasteiger partial charge on any atom is -0.501 e. The third-order valence-corrected chi connectivity index (χ3v) is 12.8. The molecule has 8 aromatic rings. The molecule has 1 saturated carbocycles. The van der Waals surface area contributed by atoms with Crippen LogP contribution in [0.4, 0.5) is 0 Å². The van der Waals surface area contributed by atoms with Gasteiger partial charge >= 0.3 is 0 Å². The third-order valence-electron chi connectivity index (χ3n) is 10.7. The number of rotatable bonds is 6. The predicted molar refractivity (Wildman–Crippen MR) is 224 cm³/mol. The summed E-state index contributed by atoms with van der Waals surface area (Å²) in [5, 5.41) is 3.73. The molecule has 5 aromatic carbocycles. The molecule has 275 valence electrons. The molecule has 0 aliphatic heterocycles. The largest absolute Gasteiger partial charge is 0.501 e. The van der Waals surface area contributed by atoms with Gasteiger partial charge in [0.25, 0.3) is 0 Å². The van der Waals surface area contributed by atoms with E-state index in [1.54, 1.807) is 10.8 Å². The van der Waals surface area contributed by atoms with Crippen LogP contribution in [-0.2, 0) is 26.5 Å². The molecule has 1 aliphatic rings. The Balaban J connectivity index is 0.000000174. The minimum absolute atomic E-state index is 0. The van der Waals surface area contributed by atoms with E-state index in [0.717, 1.165) is 67.2 Å². The molecule has 0 N–H and O–H groups in total. The van der Waals surface area contributed by atoms with E-state index in [2.05, 4.69) is 124 Å². The van der Waals surface area contributed by atoms with Crippen LogP contribution < -0.4 is 5.19 Å². The first-order chi connectivity index (χ1) is 25.7. The number of pyridine rings is 1. The molecular weight excluding hydrogens is 855 g/mol. The second-order valence-electron chi connectivity index (χ2n) is 15.8. The van der Waals surface area contributed by atoms with Gasteiger partial charge in [0, 0.05) is 37.4 Å². The molecule has 54 heavy (non-hydrogen) atoms. The van der Waals surface area contributed by atoms with Crippen LogP contribution in [0.1, 0.15) is 47.9 Å². The van der Waals surface area contributed by atoms with E-state index in [-0.39, 0.29) is 20.1 Å². The van der Waals surface area contributed by atoms with Gasteiger partial charge in [-0.3, -0.25) is 4.98 Å². The van der Waals surface area contributed by atoms with Crippen molar-refractivity contribution in [1.29, 1.82) is 0 Å². The van der Waals surface area contributed by atoms with Gasteiger partial charge in [0.2, 0.25) is 0 Å². The summed E-state index contributed by atoms with van der Waals surface area (Å²) in [6, 6.07) is 42.2. The monoisotopic (exact) mass is 902 g/mol. The van der Waals surface area contributed by atoms with Crippen molar-refractivity contribution in [2.24, 2.45) is 5.92 Å². The molecule has 9 rings (SSSR count). The fraction of sp³-hybridized carbons (Fsp3) is 0.250. The quantitative estimate of drug-likeness (QED) is 0.123. The molecule has 0 saturated heterocycles. The van der Waals surface area contributed by atoms with E-state index < -0.39 is 8.07 Å². The molecule has 0 bridgehead atoms. The smallest absolute Gasteiger partial charge is 0.120 e. The first-order valence-electron chi connectivity index (χ1n) is 19.0. The molecule has 1 aliphatic carbocycles. The Bertz CT molecular complexity index is 2550. The first kappa shape index (κ1) is 37.7. The number of hydrogen-bond acceptors (Lipinski definition) is 3. The molecule has 0 spiro atoms. The topological polar surface area (TPSA) is 43.9 Å². The number of imidazole rings is 1. The van der Waals surface area contributed by atoms with Gasteiger partial charge in [-0.15, -0.1) is 54.1 Å². The summed E-state index contributed by atoms with van der Waals surface area (Å²) in [6.45, 7) is 13.8. The van der Waals surface area contributed by atoms with Crippen LogP contribution in [0.2, 0.25) is 19.6 Å². The fourth-order valence-corrected chi connectivity index (χ4v) is 9.96. The summed E-state index contributed by atoms with van der Waals surface area (Å²) in [6.07, 6.45) is 9.03. The number of nitrogens with zero attached hydrogens (tertiary/aromatic N) is 3. The number of aromatic nitrogens is 3. The number of hydrogen-bond donors (Lipinski definition) is 0. The number of furan rings is 1. The molecule has 1 fully saturated rings. The molecule has 1 radical (unpaired) electrons. The van der Waals surface area contributed by atoms with Crippen molar-refractivity contribution in [1.82, 2.24) is 14.5 Å². The van der Waals surface area contributed by atoms with Crippen LogP contribution in [0.15, 0.2) is 114 Å². The average Bonchev–Trinajstić information content (AvgIpc) is 3.89. The third kappa shape index (κ3) is 7.40. The molecule has 4 nitrogen and oxygen atoms in total. The van der Waals surface area contributed by atoms with Crippen LogP contribution >= 0.6 is 0 Å². The molecular formula is C48H47IrN3OSi-2. The van der Waals surface area contributed by atoms with Gasteiger partial charge < -0.3 is 14.0 Å². The Morgan fingerprint density at radius 1 is 0.796 bits per heavy atom. The van der Waals surface area contributed by atoms with Crippen molar-refractivity contribution in [3.05, 3.63) is 144 Å². The van der Waals surface area contributed by atoms with Crippen LogP contribution in [0.25, 0.3) is 61.3 Å². The molecule has 0 amide bonds. The predicted octanol–water partition coefficient (Wildman–Crippen LogP) is 12.1.